The lowest BCUT2D eigenvalue weighted by Crippen LogP contribution is -1.97. The lowest BCUT2D eigenvalue weighted by Gasteiger charge is -2.12. The van der Waals surface area contributed by atoms with Crippen molar-refractivity contribution in [1.29, 1.82) is 0 Å². The van der Waals surface area contributed by atoms with E-state index >= 15 is 0 Å². The molecule has 0 aliphatic carbocycles. The van der Waals surface area contributed by atoms with E-state index in [1.807, 2.05) is 0 Å². The van der Waals surface area contributed by atoms with Crippen LogP contribution in [0.3, 0.4) is 0 Å². The summed E-state index contributed by atoms with van der Waals surface area (Å²) >= 11 is 0. The van der Waals surface area contributed by atoms with Crippen LogP contribution in [-0.2, 0) is 0 Å². The van der Waals surface area contributed by atoms with E-state index in [-0.39, 0.29) is 0 Å². The second-order valence-electron chi connectivity index (χ2n) is 31.8. The zero-order chi connectivity index (χ0) is 79.3. The van der Waals surface area contributed by atoms with Crippen LogP contribution in [0.2, 0.25) is 0 Å². The topological polar surface area (TPSA) is 34.5 Å². The van der Waals surface area contributed by atoms with Crippen molar-refractivity contribution >= 4 is 153 Å². The van der Waals surface area contributed by atoms with E-state index in [0.29, 0.717) is 0 Å². The number of benzene rings is 19. The highest BCUT2D eigenvalue weighted by Crippen LogP contribution is 2.49. The number of fused-ring (bicyclic) bond motifs is 21. The van der Waals surface area contributed by atoms with Gasteiger partial charge in [0, 0.05) is 115 Å². The fraction of sp³-hybridized carbons (Fsp3) is 0. The van der Waals surface area contributed by atoms with Gasteiger partial charge >= 0.3 is 0 Å². The summed E-state index contributed by atoms with van der Waals surface area (Å²) in [6, 6.07) is 162. The molecule has 0 saturated heterocycles. The van der Waals surface area contributed by atoms with Crippen LogP contribution in [0.25, 0.3) is 226 Å². The Balaban J connectivity index is 0.000000135. The Bertz CT molecular complexity index is 8630. The molecule has 0 spiro atoms. The summed E-state index contributed by atoms with van der Waals surface area (Å²) in [6.45, 7) is 0. The summed E-state index contributed by atoms with van der Waals surface area (Å²) in [7, 11) is 0. The smallest absolute Gasteiger partial charge is 0.0547 e. The molecular weight excluding hydrogens is 1470 g/mol. The first-order valence-electron chi connectivity index (χ1n) is 41.6. The van der Waals surface area contributed by atoms with Crippen LogP contribution in [0.1, 0.15) is 0 Å². The van der Waals surface area contributed by atoms with Gasteiger partial charge < -0.3 is 32.0 Å². The van der Waals surface area contributed by atoms with Crippen molar-refractivity contribution in [3.05, 3.63) is 443 Å². The lowest BCUT2D eigenvalue weighted by atomic mass is 9.95. The van der Waals surface area contributed by atoms with Gasteiger partial charge in [-0.15, -0.1) is 0 Å². The van der Waals surface area contributed by atoms with Gasteiger partial charge in [0.2, 0.25) is 0 Å². The first kappa shape index (κ1) is 68.0. The second kappa shape index (κ2) is 27.2. The average molecular weight is 1540 g/mol. The largest absolute Gasteiger partial charge is 0.309 e. The molecule has 26 aromatic rings. The van der Waals surface area contributed by atoms with Crippen LogP contribution in [0.15, 0.2) is 443 Å². The maximum atomic E-state index is 2.47. The van der Waals surface area contributed by atoms with E-state index in [0.717, 1.165) is 39.8 Å². The third-order valence-electron chi connectivity index (χ3n) is 25.4. The van der Waals surface area contributed by atoms with Crippen LogP contribution >= 0.6 is 0 Å². The minimum Gasteiger partial charge on any atom is -0.309 e. The molecule has 7 aromatic heterocycles. The predicted octanol–water partition coefficient (Wildman–Crippen LogP) is 30.1. The van der Waals surface area contributed by atoms with Crippen LogP contribution in [0, 0.1) is 0 Å². The van der Waals surface area contributed by atoms with Crippen molar-refractivity contribution in [1.82, 2.24) is 32.0 Å². The molecule has 0 aliphatic rings. The molecule has 7 heterocycles. The molecule has 0 saturated carbocycles. The number of hydrogen-bond donors (Lipinski definition) is 0. The molecule has 19 aromatic carbocycles. The second-order valence-corrected chi connectivity index (χ2v) is 31.8. The zero-order valence-electron chi connectivity index (χ0n) is 65.8. The molecule has 0 unspecified atom stereocenters. The molecule has 0 bridgehead atoms. The summed E-state index contributed by atoms with van der Waals surface area (Å²) in [4.78, 5) is 0. The van der Waals surface area contributed by atoms with Gasteiger partial charge in [0.15, 0.2) is 0 Å². The van der Waals surface area contributed by atoms with Crippen LogP contribution in [-0.4, -0.2) is 32.0 Å². The SMILES string of the molecule is c1ccc(-c2ccc3c(c2)c2cc(-n4c5ccccc5c5c(-c6cccc7c6c6ccccc6n7-c6ccccc6)cccc54)ccc2n3-c2ccccc2)cc1.c1ccc(-n2c3ccccc3c3cc(-n4c5ccccc5c5c(-c6cccc7c6c6ccccc6n7-c6ccc(-n7c8ccccc8c8ccccc87)cc6)cccc54)ccc32)cc1. The standard InChI is InChI=1S/C60H38N4.C54H35N3/c1-2-16-39(17-3-1)61-53-27-11-6-20-45(53)50-38-42(36-37-56(50)61)64-55-29-13-8-22-49(55)60-47(24-15-31-58(60)64)46-23-14-30-57-59(46)48-21-7-12-28-54(48)63(57)41-34-32-40(33-35-41)62-51-25-9-4-18-43(51)44-19-5-10-26-52(44)62;1-4-16-36(17-5-1)37-30-32-49-45(34-37)46-35-40(31-33-50(46)55(49)38-18-6-2-7-19-38)57-48-27-13-11-23-44(48)54-42(25-15-29-52(54)57)41-24-14-28-51-53(41)43-22-10-12-26-47(43)56(51)39-20-8-3-9-21-39/h1-38H;1-35H. The number of hydrogen-bond acceptors (Lipinski definition) is 0. The first-order chi connectivity index (χ1) is 60.1. The molecule has 0 fully saturated rings. The van der Waals surface area contributed by atoms with Gasteiger partial charge in [-0.3, -0.25) is 0 Å². The molecule has 564 valence electrons. The molecule has 7 nitrogen and oxygen atoms in total. The van der Waals surface area contributed by atoms with Crippen LogP contribution < -0.4 is 0 Å². The molecule has 0 amide bonds. The van der Waals surface area contributed by atoms with Gasteiger partial charge in [0.1, 0.15) is 0 Å². The van der Waals surface area contributed by atoms with Crippen molar-refractivity contribution in [2.45, 2.75) is 0 Å². The fourth-order valence-corrected chi connectivity index (χ4v) is 20.4. The van der Waals surface area contributed by atoms with Gasteiger partial charge in [-0.05, 0) is 209 Å². The zero-order valence-corrected chi connectivity index (χ0v) is 65.8. The molecule has 7 heteroatoms. The molecule has 26 rings (SSSR count). The van der Waals surface area contributed by atoms with Crippen molar-refractivity contribution in [3.63, 3.8) is 0 Å². The van der Waals surface area contributed by atoms with E-state index < -0.39 is 0 Å². The minimum atomic E-state index is 1.13. The van der Waals surface area contributed by atoms with E-state index in [4.69, 9.17) is 0 Å². The highest BCUT2D eigenvalue weighted by atomic mass is 15.0. The van der Waals surface area contributed by atoms with Gasteiger partial charge in [0.05, 0.1) is 77.2 Å². The summed E-state index contributed by atoms with van der Waals surface area (Å²) in [5.41, 5.74) is 32.1. The van der Waals surface area contributed by atoms with Crippen LogP contribution in [0.5, 0.6) is 0 Å². The van der Waals surface area contributed by atoms with Gasteiger partial charge in [-0.2, -0.15) is 0 Å². The summed E-state index contributed by atoms with van der Waals surface area (Å²) in [5.74, 6) is 0. The molecule has 0 N–H and O–H groups in total. The highest BCUT2D eigenvalue weighted by Gasteiger charge is 2.26. The maximum absolute atomic E-state index is 2.47. The average Bonchev–Trinajstić information content (AvgIpc) is 1.56. The summed E-state index contributed by atoms with van der Waals surface area (Å²) < 4.78 is 16.9. The number of rotatable bonds is 10. The lowest BCUT2D eigenvalue weighted by molar-refractivity contribution is 1.14. The Labute approximate surface area is 696 Å². The Hall–Kier alpha value is -16.2. The molecule has 0 aliphatic heterocycles. The van der Waals surface area contributed by atoms with Crippen LogP contribution in [0.4, 0.5) is 0 Å². The number of nitrogens with zero attached hydrogens (tertiary/aromatic N) is 7. The van der Waals surface area contributed by atoms with E-state index in [9.17, 15) is 0 Å². The monoisotopic (exact) mass is 1540 g/mol. The Morgan fingerprint density at radius 1 is 0.107 bits per heavy atom. The van der Waals surface area contributed by atoms with Crippen molar-refractivity contribution in [2.24, 2.45) is 0 Å². The van der Waals surface area contributed by atoms with Crippen molar-refractivity contribution in [3.8, 4) is 73.2 Å². The Morgan fingerprint density at radius 3 is 0.645 bits per heavy atom. The Morgan fingerprint density at radius 2 is 0.314 bits per heavy atom. The molecule has 0 atom stereocenters. The molecule has 0 radical (unpaired) electrons. The normalized spacial score (nSPS) is 12.0. The van der Waals surface area contributed by atoms with E-state index in [2.05, 4.69) is 475 Å². The third kappa shape index (κ3) is 10.4. The first-order valence-corrected chi connectivity index (χ1v) is 41.6. The maximum Gasteiger partial charge on any atom is 0.0547 e. The third-order valence-corrected chi connectivity index (χ3v) is 25.4. The van der Waals surface area contributed by atoms with Crippen molar-refractivity contribution < 1.29 is 0 Å². The predicted molar refractivity (Wildman–Crippen MR) is 510 cm³/mol. The van der Waals surface area contributed by atoms with Gasteiger partial charge in [0.25, 0.3) is 0 Å². The van der Waals surface area contributed by atoms with Gasteiger partial charge in [-0.25, -0.2) is 0 Å². The van der Waals surface area contributed by atoms with Gasteiger partial charge in [-0.1, -0.05) is 267 Å². The van der Waals surface area contributed by atoms with Crippen molar-refractivity contribution in [2.75, 3.05) is 0 Å². The van der Waals surface area contributed by atoms with E-state index in [1.54, 1.807) is 0 Å². The summed E-state index contributed by atoms with van der Waals surface area (Å²) in [6.07, 6.45) is 0. The quantitative estimate of drug-likeness (QED) is 0.131. The highest BCUT2D eigenvalue weighted by molar-refractivity contribution is 6.25. The van der Waals surface area contributed by atoms with E-state index in [1.165, 1.54) is 186 Å². The summed E-state index contributed by atoms with van der Waals surface area (Å²) in [5, 5.41) is 17.5. The molecule has 121 heavy (non-hydrogen) atoms. The number of aromatic nitrogens is 7. The fourth-order valence-electron chi connectivity index (χ4n) is 20.4. The number of para-hydroxylation sites is 10. The Kier molecular flexibility index (Phi) is 15.3. The minimum absolute atomic E-state index is 1.13. The molecular formula is C114H73N7.